The van der Waals surface area contributed by atoms with Crippen LogP contribution in [-0.4, -0.2) is 199 Å². The first-order chi connectivity index (χ1) is 21.2. The molecule has 4 aliphatic heterocycles. The van der Waals surface area contributed by atoms with Gasteiger partial charge in [-0.25, -0.2) is 0 Å². The van der Waals surface area contributed by atoms with Gasteiger partial charge in [-0.1, -0.05) is 0 Å². The lowest BCUT2D eigenvalue weighted by Gasteiger charge is -2.48. The third-order valence-electron chi connectivity index (χ3n) is 8.07. The Hall–Kier alpha value is -1.25. The van der Waals surface area contributed by atoms with Crippen LogP contribution in [0.5, 0.6) is 0 Å². The molecule has 4 fully saturated rings. The van der Waals surface area contributed by atoms with Crippen molar-refractivity contribution in [1.29, 1.82) is 0 Å². The van der Waals surface area contributed by atoms with E-state index in [2.05, 4.69) is 0 Å². The van der Waals surface area contributed by atoms with Crippen molar-refractivity contribution in [3.8, 4) is 0 Å². The molecular formula is C25H42O20. The van der Waals surface area contributed by atoms with Crippen molar-refractivity contribution in [2.45, 2.75) is 131 Å². The van der Waals surface area contributed by atoms with E-state index >= 15 is 0 Å². The Bertz CT molecular complexity index is 960. The first kappa shape index (κ1) is 36.6. The molecule has 20 heteroatoms. The van der Waals surface area contributed by atoms with Crippen molar-refractivity contribution in [3.05, 3.63) is 0 Å². The number of carbonyl (C=O) groups is 1. The second-order valence-electron chi connectivity index (χ2n) is 11.3. The number of aliphatic hydroxyl groups excluding tert-OH is 11. The maximum Gasteiger partial charge on any atom is 0.302 e. The molecule has 4 heterocycles. The topological polar surface area (TPSA) is 313 Å². The van der Waals surface area contributed by atoms with Crippen molar-refractivity contribution in [3.63, 3.8) is 0 Å². The summed E-state index contributed by atoms with van der Waals surface area (Å²) in [5.41, 5.74) is 0. The van der Waals surface area contributed by atoms with E-state index in [0.717, 1.165) is 6.92 Å². The van der Waals surface area contributed by atoms with Crippen LogP contribution in [0.3, 0.4) is 0 Å². The van der Waals surface area contributed by atoms with Gasteiger partial charge in [0.2, 0.25) is 0 Å². The zero-order chi connectivity index (χ0) is 33.3. The van der Waals surface area contributed by atoms with E-state index in [1.54, 1.807) is 0 Å². The quantitative estimate of drug-likeness (QED) is 0.102. The Labute approximate surface area is 255 Å². The number of esters is 1. The van der Waals surface area contributed by atoms with Gasteiger partial charge in [0.25, 0.3) is 0 Å². The van der Waals surface area contributed by atoms with Gasteiger partial charge in [0.1, 0.15) is 92.1 Å². The minimum atomic E-state index is -1.91. The van der Waals surface area contributed by atoms with E-state index in [1.165, 1.54) is 6.92 Å². The second kappa shape index (κ2) is 15.3. The first-order valence-electron chi connectivity index (χ1n) is 14.3. The molecule has 0 aromatic heterocycles. The zero-order valence-corrected chi connectivity index (χ0v) is 24.2. The summed E-state index contributed by atoms with van der Waals surface area (Å²) in [6.07, 6.45) is -31.8. The predicted molar refractivity (Wildman–Crippen MR) is 136 cm³/mol. The van der Waals surface area contributed by atoms with Crippen molar-refractivity contribution >= 4 is 5.97 Å². The molecule has 0 spiro atoms. The summed E-state index contributed by atoms with van der Waals surface area (Å²) in [6, 6.07) is 0. The van der Waals surface area contributed by atoms with Crippen molar-refractivity contribution < 1.29 is 98.9 Å². The second-order valence-corrected chi connectivity index (χ2v) is 11.3. The Morgan fingerprint density at radius 1 is 0.644 bits per heavy atom. The molecule has 0 amide bonds. The van der Waals surface area contributed by atoms with E-state index in [-0.39, 0.29) is 0 Å². The summed E-state index contributed by atoms with van der Waals surface area (Å²) < 4.78 is 43.3. The molecule has 4 saturated heterocycles. The van der Waals surface area contributed by atoms with Crippen molar-refractivity contribution in [2.75, 3.05) is 19.8 Å². The molecule has 0 saturated carbocycles. The normalized spacial score (nSPS) is 51.1. The molecule has 11 N–H and O–H groups in total. The number of aliphatic hydroxyl groups is 11. The predicted octanol–water partition coefficient (Wildman–Crippen LogP) is -7.51. The number of hydrogen-bond donors (Lipinski definition) is 11. The third-order valence-corrected chi connectivity index (χ3v) is 8.07. The third kappa shape index (κ3) is 7.91. The summed E-state index contributed by atoms with van der Waals surface area (Å²) >= 11 is 0. The lowest BCUT2D eigenvalue weighted by Crippen LogP contribution is -2.66. The fourth-order valence-electron chi connectivity index (χ4n) is 5.32. The van der Waals surface area contributed by atoms with Crippen LogP contribution < -0.4 is 0 Å². The van der Waals surface area contributed by atoms with Crippen LogP contribution in [0.4, 0.5) is 0 Å². The average Bonchev–Trinajstić information content (AvgIpc) is 3.00. The molecule has 19 atom stereocenters. The van der Waals surface area contributed by atoms with E-state index in [1.807, 2.05) is 0 Å². The summed E-state index contributed by atoms with van der Waals surface area (Å²) in [5, 5.41) is 114. The molecule has 0 unspecified atom stereocenters. The summed E-state index contributed by atoms with van der Waals surface area (Å²) in [4.78, 5) is 11.2. The first-order valence-corrected chi connectivity index (χ1v) is 14.3. The molecule has 45 heavy (non-hydrogen) atoms. The van der Waals surface area contributed by atoms with Gasteiger partial charge in [-0.3, -0.25) is 4.79 Å². The van der Waals surface area contributed by atoms with Crippen LogP contribution in [0, 0.1) is 0 Å². The number of carbonyl (C=O) groups excluding carboxylic acids is 1. The molecule has 0 radical (unpaired) electrons. The lowest BCUT2D eigenvalue weighted by molar-refractivity contribution is -0.388. The Morgan fingerprint density at radius 2 is 1.20 bits per heavy atom. The highest BCUT2D eigenvalue weighted by molar-refractivity contribution is 5.65. The molecular weight excluding hydrogens is 620 g/mol. The largest absolute Gasteiger partial charge is 0.463 e. The maximum absolute atomic E-state index is 11.2. The number of ether oxygens (including phenoxy) is 8. The zero-order valence-electron chi connectivity index (χ0n) is 24.2. The van der Waals surface area contributed by atoms with Crippen molar-refractivity contribution in [1.82, 2.24) is 0 Å². The highest BCUT2D eigenvalue weighted by Crippen LogP contribution is 2.33. The highest BCUT2D eigenvalue weighted by Gasteiger charge is 2.53. The van der Waals surface area contributed by atoms with Crippen LogP contribution in [0.25, 0.3) is 0 Å². The van der Waals surface area contributed by atoms with E-state index in [0.29, 0.717) is 0 Å². The van der Waals surface area contributed by atoms with Crippen LogP contribution in [0.1, 0.15) is 13.8 Å². The van der Waals surface area contributed by atoms with Gasteiger partial charge < -0.3 is 94.1 Å². The van der Waals surface area contributed by atoms with Gasteiger partial charge in [-0.05, 0) is 6.92 Å². The Kier molecular flexibility index (Phi) is 12.5. The average molecular weight is 663 g/mol. The number of hydrogen-bond acceptors (Lipinski definition) is 20. The Balaban J connectivity index is 1.49. The maximum atomic E-state index is 11.2. The van der Waals surface area contributed by atoms with Gasteiger partial charge in [-0.2, -0.15) is 0 Å². The van der Waals surface area contributed by atoms with Crippen LogP contribution >= 0.6 is 0 Å². The lowest BCUT2D eigenvalue weighted by atomic mass is 9.97. The summed E-state index contributed by atoms with van der Waals surface area (Å²) in [7, 11) is 0. The smallest absolute Gasteiger partial charge is 0.302 e. The molecule has 0 aromatic carbocycles. The SMILES string of the molecule is CC(=O)OC[C@H]1O[C@@H](O[C@@H]2[C@@H](O)[C@@H](O[C@@H]3O[C@H](CO)[C@@H](O)[C@H](O)[C@H]3O[C@@H]3O[C@@H](C)[C@H](O)[C@@H](O)[C@H]3O)CO[C@H]2O)[C@H](O)[C@@H](O)[C@@H]1O. The minimum absolute atomic E-state index is 0.535. The fourth-order valence-corrected chi connectivity index (χ4v) is 5.32. The molecule has 20 nitrogen and oxygen atoms in total. The monoisotopic (exact) mass is 662 g/mol. The summed E-state index contributed by atoms with van der Waals surface area (Å²) in [5.74, 6) is -0.725. The van der Waals surface area contributed by atoms with Crippen LogP contribution in [-0.2, 0) is 42.7 Å². The minimum Gasteiger partial charge on any atom is -0.463 e. The van der Waals surface area contributed by atoms with Crippen molar-refractivity contribution in [2.24, 2.45) is 0 Å². The van der Waals surface area contributed by atoms with Gasteiger partial charge in [0, 0.05) is 6.92 Å². The van der Waals surface area contributed by atoms with Crippen LogP contribution in [0.15, 0.2) is 0 Å². The van der Waals surface area contributed by atoms with Crippen LogP contribution in [0.2, 0.25) is 0 Å². The van der Waals surface area contributed by atoms with Gasteiger partial charge in [0.05, 0.1) is 19.3 Å². The van der Waals surface area contributed by atoms with Gasteiger partial charge >= 0.3 is 5.97 Å². The number of rotatable bonds is 9. The molecule has 0 aliphatic carbocycles. The molecule has 0 bridgehead atoms. The molecule has 4 aliphatic rings. The summed E-state index contributed by atoms with van der Waals surface area (Å²) in [6.45, 7) is 0.594. The fraction of sp³-hybridized carbons (Fsp3) is 0.960. The molecule has 0 aromatic rings. The van der Waals surface area contributed by atoms with E-state index in [4.69, 9.17) is 37.9 Å². The molecule has 262 valence electrons. The molecule has 4 rings (SSSR count). The van der Waals surface area contributed by atoms with Gasteiger partial charge in [0.15, 0.2) is 25.2 Å². The van der Waals surface area contributed by atoms with E-state index < -0.39 is 143 Å². The highest BCUT2D eigenvalue weighted by atomic mass is 16.8. The van der Waals surface area contributed by atoms with E-state index in [9.17, 15) is 61.0 Å². The Morgan fingerprint density at radius 3 is 1.82 bits per heavy atom. The standard InChI is InChI=1S/C25H42O20/c1-6-11(28)15(32)18(35)23(40-6)45-21-17(34)12(29)8(3-26)41-25(21)43-10-5-39-22(37)20(14(10)31)44-24-19(36)16(33)13(30)9(42-24)4-38-7(2)27/h6,8-26,28-37H,3-5H2,1-2H3/t6-,8+,9+,10-,11-,12+,13+,14-,15+,16-,17-,18+,19+,20+,21+,22+,23-,24-,25-/m0/s1. The van der Waals surface area contributed by atoms with Gasteiger partial charge in [-0.15, -0.1) is 0 Å².